The van der Waals surface area contributed by atoms with Gasteiger partial charge in [0.1, 0.15) is 5.82 Å². The molecular weight excluding hydrogens is 210 g/mol. The Morgan fingerprint density at radius 1 is 1.35 bits per heavy atom. The Labute approximate surface area is 102 Å². The van der Waals surface area contributed by atoms with Crippen molar-refractivity contribution in [3.8, 4) is 0 Å². The fourth-order valence-corrected chi connectivity index (χ4v) is 2.77. The van der Waals surface area contributed by atoms with Gasteiger partial charge >= 0.3 is 0 Å². The Morgan fingerprint density at radius 3 is 3.00 bits per heavy atom. The largest absolute Gasteiger partial charge is 0.342 e. The summed E-state index contributed by atoms with van der Waals surface area (Å²) in [7, 11) is 0. The normalized spacial score (nSPS) is 25.3. The van der Waals surface area contributed by atoms with Crippen molar-refractivity contribution in [2.45, 2.75) is 38.6 Å². The first-order chi connectivity index (χ1) is 8.24. The molecule has 3 nitrogen and oxygen atoms in total. The number of imidazole rings is 1. The number of nitrogens with one attached hydrogen (secondary N) is 2. The van der Waals surface area contributed by atoms with Crippen LogP contribution in [0.4, 0.5) is 0 Å². The van der Waals surface area contributed by atoms with Crippen molar-refractivity contribution in [1.82, 2.24) is 15.3 Å². The summed E-state index contributed by atoms with van der Waals surface area (Å²) in [6.45, 7) is 5.47. The van der Waals surface area contributed by atoms with Crippen LogP contribution >= 0.6 is 0 Å². The second-order valence-electron chi connectivity index (χ2n) is 5.17. The quantitative estimate of drug-likeness (QED) is 0.789. The molecule has 2 N–H and O–H groups in total. The molecule has 0 amide bonds. The number of para-hydroxylation sites is 1. The summed E-state index contributed by atoms with van der Waals surface area (Å²) in [5.41, 5.74) is 3.56. The molecule has 2 aromatic rings. The SMILES string of the molecule is Cc1cccc2[nH]c(C3CCNC(C)C3)nc12. The van der Waals surface area contributed by atoms with E-state index in [1.165, 1.54) is 29.7 Å². The number of aromatic amines is 1. The highest BCUT2D eigenvalue weighted by Crippen LogP contribution is 2.27. The van der Waals surface area contributed by atoms with Gasteiger partial charge in [-0.1, -0.05) is 12.1 Å². The van der Waals surface area contributed by atoms with Gasteiger partial charge in [-0.15, -0.1) is 0 Å². The van der Waals surface area contributed by atoms with Crippen LogP contribution in [0.3, 0.4) is 0 Å². The van der Waals surface area contributed by atoms with Gasteiger partial charge < -0.3 is 10.3 Å². The van der Waals surface area contributed by atoms with E-state index in [0.29, 0.717) is 12.0 Å². The minimum atomic E-state index is 0.582. The number of H-pyrrole nitrogens is 1. The summed E-state index contributed by atoms with van der Waals surface area (Å²) in [5, 5.41) is 3.49. The number of benzene rings is 1. The second kappa shape index (κ2) is 4.15. The van der Waals surface area contributed by atoms with E-state index in [1.54, 1.807) is 0 Å². The third-order valence-corrected chi connectivity index (χ3v) is 3.74. The molecule has 0 aliphatic carbocycles. The number of piperidine rings is 1. The van der Waals surface area contributed by atoms with Crippen molar-refractivity contribution in [1.29, 1.82) is 0 Å². The van der Waals surface area contributed by atoms with Crippen molar-refractivity contribution in [2.24, 2.45) is 0 Å². The van der Waals surface area contributed by atoms with Crippen LogP contribution in [0.5, 0.6) is 0 Å². The first kappa shape index (κ1) is 10.8. The minimum Gasteiger partial charge on any atom is -0.342 e. The van der Waals surface area contributed by atoms with E-state index >= 15 is 0 Å². The summed E-state index contributed by atoms with van der Waals surface area (Å²) in [4.78, 5) is 8.27. The number of nitrogens with zero attached hydrogens (tertiary/aromatic N) is 1. The van der Waals surface area contributed by atoms with Gasteiger partial charge in [0.25, 0.3) is 0 Å². The van der Waals surface area contributed by atoms with Gasteiger partial charge in [0.05, 0.1) is 11.0 Å². The molecule has 1 saturated heterocycles. The van der Waals surface area contributed by atoms with Gasteiger partial charge in [-0.2, -0.15) is 0 Å². The lowest BCUT2D eigenvalue weighted by molar-refractivity contribution is 0.373. The Balaban J connectivity index is 1.97. The number of fused-ring (bicyclic) bond motifs is 1. The number of hydrogen-bond donors (Lipinski definition) is 2. The molecular formula is C14H19N3. The lowest BCUT2D eigenvalue weighted by Crippen LogP contribution is -2.35. The van der Waals surface area contributed by atoms with Crippen LogP contribution in [0.1, 0.15) is 37.1 Å². The summed E-state index contributed by atoms with van der Waals surface area (Å²) in [6.07, 6.45) is 2.36. The maximum Gasteiger partial charge on any atom is 0.110 e. The Hall–Kier alpha value is -1.35. The van der Waals surface area contributed by atoms with Crippen LogP contribution in [0.15, 0.2) is 18.2 Å². The Morgan fingerprint density at radius 2 is 2.24 bits per heavy atom. The molecule has 1 aliphatic rings. The highest BCUT2D eigenvalue weighted by molar-refractivity contribution is 5.78. The van der Waals surface area contributed by atoms with Crippen molar-refractivity contribution in [3.05, 3.63) is 29.6 Å². The molecule has 0 bridgehead atoms. The van der Waals surface area contributed by atoms with Crippen LogP contribution in [0.2, 0.25) is 0 Å². The average molecular weight is 229 g/mol. The lowest BCUT2D eigenvalue weighted by Gasteiger charge is -2.26. The molecule has 1 aromatic carbocycles. The van der Waals surface area contributed by atoms with Crippen molar-refractivity contribution in [2.75, 3.05) is 6.54 Å². The van der Waals surface area contributed by atoms with Gasteiger partial charge in [0, 0.05) is 12.0 Å². The molecule has 1 aliphatic heterocycles. The molecule has 2 heterocycles. The van der Waals surface area contributed by atoms with Crippen LogP contribution in [0, 0.1) is 6.92 Å². The zero-order valence-electron chi connectivity index (χ0n) is 10.5. The zero-order chi connectivity index (χ0) is 11.8. The molecule has 1 aromatic heterocycles. The van der Waals surface area contributed by atoms with Gasteiger partial charge in [-0.05, 0) is 44.9 Å². The van der Waals surface area contributed by atoms with E-state index in [4.69, 9.17) is 4.98 Å². The highest BCUT2D eigenvalue weighted by Gasteiger charge is 2.22. The van der Waals surface area contributed by atoms with E-state index in [-0.39, 0.29) is 0 Å². The summed E-state index contributed by atoms with van der Waals surface area (Å²) < 4.78 is 0. The second-order valence-corrected chi connectivity index (χ2v) is 5.17. The standard InChI is InChI=1S/C14H19N3/c1-9-4-3-5-12-13(9)17-14(16-12)11-6-7-15-10(2)8-11/h3-5,10-11,15H,6-8H2,1-2H3,(H,16,17). The average Bonchev–Trinajstić information content (AvgIpc) is 2.74. The number of aromatic nitrogens is 2. The zero-order valence-corrected chi connectivity index (χ0v) is 10.5. The molecule has 0 saturated carbocycles. The van der Waals surface area contributed by atoms with Gasteiger partial charge in [-0.3, -0.25) is 0 Å². The lowest BCUT2D eigenvalue weighted by atomic mass is 9.93. The Bertz CT molecular complexity index is 529. The third kappa shape index (κ3) is 1.95. The molecule has 1 fully saturated rings. The van der Waals surface area contributed by atoms with Crippen molar-refractivity contribution >= 4 is 11.0 Å². The predicted molar refractivity (Wildman–Crippen MR) is 70.3 cm³/mol. The van der Waals surface area contributed by atoms with E-state index in [9.17, 15) is 0 Å². The van der Waals surface area contributed by atoms with E-state index in [2.05, 4.69) is 42.3 Å². The van der Waals surface area contributed by atoms with Crippen molar-refractivity contribution in [3.63, 3.8) is 0 Å². The summed E-state index contributed by atoms with van der Waals surface area (Å²) in [5.74, 6) is 1.75. The molecule has 90 valence electrons. The van der Waals surface area contributed by atoms with Gasteiger partial charge in [0.2, 0.25) is 0 Å². The number of hydrogen-bond acceptors (Lipinski definition) is 2. The smallest absolute Gasteiger partial charge is 0.110 e. The Kier molecular flexibility index (Phi) is 2.63. The molecule has 2 unspecified atom stereocenters. The first-order valence-corrected chi connectivity index (χ1v) is 6.42. The van der Waals surface area contributed by atoms with Crippen LogP contribution in [0.25, 0.3) is 11.0 Å². The molecule has 3 rings (SSSR count). The van der Waals surface area contributed by atoms with Crippen LogP contribution in [-0.2, 0) is 0 Å². The van der Waals surface area contributed by atoms with E-state index in [1.807, 2.05) is 0 Å². The maximum atomic E-state index is 4.79. The fourth-order valence-electron chi connectivity index (χ4n) is 2.77. The van der Waals surface area contributed by atoms with E-state index < -0.39 is 0 Å². The molecule has 0 radical (unpaired) electrons. The summed E-state index contributed by atoms with van der Waals surface area (Å²) in [6, 6.07) is 6.93. The molecule has 2 atom stereocenters. The third-order valence-electron chi connectivity index (χ3n) is 3.74. The monoisotopic (exact) mass is 229 g/mol. The number of aryl methyl sites for hydroxylation is 1. The first-order valence-electron chi connectivity index (χ1n) is 6.42. The maximum absolute atomic E-state index is 4.79. The van der Waals surface area contributed by atoms with E-state index in [0.717, 1.165) is 12.1 Å². The topological polar surface area (TPSA) is 40.7 Å². The summed E-state index contributed by atoms with van der Waals surface area (Å²) >= 11 is 0. The van der Waals surface area contributed by atoms with Crippen molar-refractivity contribution < 1.29 is 0 Å². The highest BCUT2D eigenvalue weighted by atomic mass is 15.0. The minimum absolute atomic E-state index is 0.582. The van der Waals surface area contributed by atoms with Gasteiger partial charge in [0.15, 0.2) is 0 Å². The predicted octanol–water partition coefficient (Wildman–Crippen LogP) is 2.73. The fraction of sp³-hybridized carbons (Fsp3) is 0.500. The van der Waals surface area contributed by atoms with Gasteiger partial charge in [-0.25, -0.2) is 4.98 Å². The molecule has 0 spiro atoms. The number of rotatable bonds is 1. The molecule has 17 heavy (non-hydrogen) atoms. The van der Waals surface area contributed by atoms with Crippen LogP contribution in [-0.4, -0.2) is 22.6 Å². The molecule has 3 heteroatoms. The van der Waals surface area contributed by atoms with Crippen LogP contribution < -0.4 is 5.32 Å².